The molecule has 2 atom stereocenters. The summed E-state index contributed by atoms with van der Waals surface area (Å²) >= 11 is 0. The van der Waals surface area contributed by atoms with E-state index in [1.165, 1.54) is 0 Å². The Labute approximate surface area is 141 Å². The van der Waals surface area contributed by atoms with Crippen LogP contribution in [-0.2, 0) is 9.47 Å². The van der Waals surface area contributed by atoms with Gasteiger partial charge in [0.15, 0.2) is 5.82 Å². The maximum atomic E-state index is 12.5. The number of carbonyl (C=O) groups is 1. The standard InChI is InChI=1S/C16H26N4O4/c1-10-17-15(24-20-10)14(12-5-7-23-8-6-12)19-16(21)18-13(9-22-2)11-3-4-11/h11-14H,3-9H2,1-2H3,(H2,18,19,21)/t13-,14-/m1/s1. The van der Waals surface area contributed by atoms with Crippen molar-refractivity contribution in [3.63, 3.8) is 0 Å². The van der Waals surface area contributed by atoms with Crippen molar-refractivity contribution in [1.29, 1.82) is 0 Å². The molecule has 24 heavy (non-hydrogen) atoms. The molecule has 3 rings (SSSR count). The van der Waals surface area contributed by atoms with Crippen LogP contribution in [0.5, 0.6) is 0 Å². The van der Waals surface area contributed by atoms with Crippen LogP contribution in [0.15, 0.2) is 4.52 Å². The zero-order valence-corrected chi connectivity index (χ0v) is 14.3. The maximum Gasteiger partial charge on any atom is 0.315 e. The topological polar surface area (TPSA) is 98.5 Å². The van der Waals surface area contributed by atoms with E-state index in [-0.39, 0.29) is 24.0 Å². The molecule has 1 aromatic heterocycles. The van der Waals surface area contributed by atoms with Gasteiger partial charge in [0.2, 0.25) is 5.89 Å². The maximum absolute atomic E-state index is 12.5. The monoisotopic (exact) mass is 338 g/mol. The largest absolute Gasteiger partial charge is 0.383 e. The minimum Gasteiger partial charge on any atom is -0.383 e. The lowest BCUT2D eigenvalue weighted by Crippen LogP contribution is -2.48. The van der Waals surface area contributed by atoms with E-state index in [0.29, 0.717) is 37.5 Å². The van der Waals surface area contributed by atoms with Crippen molar-refractivity contribution in [3.8, 4) is 0 Å². The van der Waals surface area contributed by atoms with E-state index >= 15 is 0 Å². The Kier molecular flexibility index (Phi) is 5.68. The molecule has 2 aliphatic rings. The molecular formula is C16H26N4O4. The van der Waals surface area contributed by atoms with Gasteiger partial charge in [0.25, 0.3) is 0 Å². The first kappa shape index (κ1) is 17.2. The number of hydrogen-bond acceptors (Lipinski definition) is 6. The molecule has 2 N–H and O–H groups in total. The van der Waals surface area contributed by atoms with Crippen LogP contribution in [-0.4, -0.2) is 49.1 Å². The van der Waals surface area contributed by atoms with Gasteiger partial charge < -0.3 is 24.6 Å². The Bertz CT molecular complexity index is 540. The Morgan fingerprint density at radius 2 is 2.00 bits per heavy atom. The predicted molar refractivity (Wildman–Crippen MR) is 85.4 cm³/mol. The molecule has 2 heterocycles. The molecule has 0 aromatic carbocycles. The van der Waals surface area contributed by atoms with E-state index in [0.717, 1.165) is 25.7 Å². The third-order valence-corrected chi connectivity index (χ3v) is 4.69. The highest BCUT2D eigenvalue weighted by Gasteiger charge is 2.35. The molecule has 1 saturated heterocycles. The Morgan fingerprint density at radius 1 is 1.25 bits per heavy atom. The van der Waals surface area contributed by atoms with Gasteiger partial charge >= 0.3 is 6.03 Å². The van der Waals surface area contributed by atoms with Crippen LogP contribution in [0.2, 0.25) is 0 Å². The zero-order chi connectivity index (χ0) is 16.9. The first-order valence-electron chi connectivity index (χ1n) is 8.61. The van der Waals surface area contributed by atoms with Crippen LogP contribution in [0.4, 0.5) is 4.79 Å². The second-order valence-corrected chi connectivity index (χ2v) is 6.62. The number of amides is 2. The second-order valence-electron chi connectivity index (χ2n) is 6.62. The molecule has 8 heteroatoms. The SMILES string of the molecule is COC[C@@H](NC(=O)N[C@@H](c1nc(C)no1)C1CCOCC1)C1CC1. The number of ether oxygens (including phenoxy) is 2. The number of methoxy groups -OCH3 is 1. The molecule has 1 aromatic rings. The molecule has 0 radical (unpaired) electrons. The number of aryl methyl sites for hydroxylation is 1. The van der Waals surface area contributed by atoms with E-state index in [4.69, 9.17) is 14.0 Å². The third kappa shape index (κ3) is 4.45. The van der Waals surface area contributed by atoms with E-state index in [1.54, 1.807) is 14.0 Å². The Balaban J connectivity index is 1.65. The highest BCUT2D eigenvalue weighted by atomic mass is 16.5. The van der Waals surface area contributed by atoms with Crippen LogP contribution in [0.1, 0.15) is 43.4 Å². The molecule has 8 nitrogen and oxygen atoms in total. The normalized spacial score (nSPS) is 21.2. The van der Waals surface area contributed by atoms with Crippen molar-refractivity contribution in [2.75, 3.05) is 26.9 Å². The van der Waals surface area contributed by atoms with Gasteiger partial charge in [0.05, 0.1) is 12.6 Å². The number of hydrogen-bond donors (Lipinski definition) is 2. The van der Waals surface area contributed by atoms with Crippen molar-refractivity contribution in [2.24, 2.45) is 11.8 Å². The van der Waals surface area contributed by atoms with Crippen LogP contribution in [0.25, 0.3) is 0 Å². The van der Waals surface area contributed by atoms with Gasteiger partial charge in [-0.2, -0.15) is 4.98 Å². The van der Waals surface area contributed by atoms with Gasteiger partial charge in [-0.25, -0.2) is 4.79 Å². The first-order valence-corrected chi connectivity index (χ1v) is 8.61. The fourth-order valence-electron chi connectivity index (χ4n) is 3.19. The van der Waals surface area contributed by atoms with Crippen molar-refractivity contribution >= 4 is 6.03 Å². The lowest BCUT2D eigenvalue weighted by atomic mass is 9.91. The summed E-state index contributed by atoms with van der Waals surface area (Å²) in [6.07, 6.45) is 3.99. The highest BCUT2D eigenvalue weighted by Crippen LogP contribution is 2.33. The fraction of sp³-hybridized carbons (Fsp3) is 0.812. The van der Waals surface area contributed by atoms with Gasteiger partial charge in [-0.15, -0.1) is 0 Å². The zero-order valence-electron chi connectivity index (χ0n) is 14.3. The van der Waals surface area contributed by atoms with Crippen molar-refractivity contribution in [1.82, 2.24) is 20.8 Å². The van der Waals surface area contributed by atoms with Crippen molar-refractivity contribution in [2.45, 2.75) is 44.7 Å². The summed E-state index contributed by atoms with van der Waals surface area (Å²) in [6.45, 7) is 3.67. The Hall–Kier alpha value is -1.67. The fourth-order valence-corrected chi connectivity index (χ4v) is 3.19. The molecule has 0 unspecified atom stereocenters. The third-order valence-electron chi connectivity index (χ3n) is 4.69. The van der Waals surface area contributed by atoms with E-state index in [2.05, 4.69) is 20.8 Å². The molecule has 0 spiro atoms. The van der Waals surface area contributed by atoms with Crippen LogP contribution in [0.3, 0.4) is 0 Å². The molecule has 2 fully saturated rings. The minimum atomic E-state index is -0.294. The van der Waals surface area contributed by atoms with Gasteiger partial charge in [-0.05, 0) is 44.4 Å². The molecule has 2 amide bonds. The number of nitrogens with zero attached hydrogens (tertiary/aromatic N) is 2. The predicted octanol–water partition coefficient (Wildman–Crippen LogP) is 1.57. The van der Waals surface area contributed by atoms with E-state index < -0.39 is 0 Å². The summed E-state index contributed by atoms with van der Waals surface area (Å²) < 4.78 is 16.0. The Morgan fingerprint density at radius 3 is 2.58 bits per heavy atom. The quantitative estimate of drug-likeness (QED) is 0.783. The number of nitrogens with one attached hydrogen (secondary N) is 2. The summed E-state index contributed by atoms with van der Waals surface area (Å²) in [7, 11) is 1.65. The van der Waals surface area contributed by atoms with E-state index in [1.807, 2.05) is 0 Å². The van der Waals surface area contributed by atoms with Gasteiger partial charge in [0, 0.05) is 20.3 Å². The van der Waals surface area contributed by atoms with Crippen molar-refractivity contribution in [3.05, 3.63) is 11.7 Å². The molecule has 1 aliphatic heterocycles. The van der Waals surface area contributed by atoms with Gasteiger partial charge in [0.1, 0.15) is 6.04 Å². The number of rotatable bonds is 7. The molecule has 0 bridgehead atoms. The average Bonchev–Trinajstić information content (AvgIpc) is 3.35. The lowest BCUT2D eigenvalue weighted by molar-refractivity contribution is 0.0501. The van der Waals surface area contributed by atoms with Crippen molar-refractivity contribution < 1.29 is 18.8 Å². The average molecular weight is 338 g/mol. The molecule has 1 aliphatic carbocycles. The van der Waals surface area contributed by atoms with Gasteiger partial charge in [-0.1, -0.05) is 5.16 Å². The number of urea groups is 1. The minimum absolute atomic E-state index is 0.0507. The second kappa shape index (κ2) is 7.94. The molecule has 1 saturated carbocycles. The smallest absolute Gasteiger partial charge is 0.315 e. The lowest BCUT2D eigenvalue weighted by Gasteiger charge is -2.29. The van der Waals surface area contributed by atoms with E-state index in [9.17, 15) is 4.79 Å². The number of aromatic nitrogens is 2. The molecular weight excluding hydrogens is 312 g/mol. The first-order chi connectivity index (χ1) is 11.7. The summed E-state index contributed by atoms with van der Waals surface area (Å²) in [5.74, 6) is 1.78. The highest BCUT2D eigenvalue weighted by molar-refractivity contribution is 5.74. The van der Waals surface area contributed by atoms with Crippen LogP contribution >= 0.6 is 0 Å². The summed E-state index contributed by atoms with van der Waals surface area (Å²) in [4.78, 5) is 16.8. The summed E-state index contributed by atoms with van der Waals surface area (Å²) in [6, 6.07) is -0.455. The van der Waals surface area contributed by atoms with Crippen LogP contribution in [0, 0.1) is 18.8 Å². The van der Waals surface area contributed by atoms with Crippen LogP contribution < -0.4 is 10.6 Å². The van der Waals surface area contributed by atoms with Gasteiger partial charge in [-0.3, -0.25) is 0 Å². The number of carbonyl (C=O) groups excluding carboxylic acids is 1. The summed E-state index contributed by atoms with van der Waals surface area (Å²) in [5.41, 5.74) is 0. The summed E-state index contributed by atoms with van der Waals surface area (Å²) in [5, 5.41) is 9.92. The molecule has 134 valence electrons.